The van der Waals surface area contributed by atoms with Gasteiger partial charge < -0.3 is 4.90 Å². The second-order valence-electron chi connectivity index (χ2n) is 3.93. The van der Waals surface area contributed by atoms with Gasteiger partial charge in [0.2, 0.25) is 0 Å². The molecule has 1 nitrogen and oxygen atoms in total. The monoisotopic (exact) mass is 335 g/mol. The zero-order chi connectivity index (χ0) is 12.0. The van der Waals surface area contributed by atoms with Gasteiger partial charge in [0.25, 0.3) is 0 Å². The summed E-state index contributed by atoms with van der Waals surface area (Å²) in [7, 11) is 4.17. The Bertz CT molecular complexity index is 361. The van der Waals surface area contributed by atoms with Crippen molar-refractivity contribution >= 4 is 15.9 Å². The molecule has 2 aromatic carbocycles. The van der Waals surface area contributed by atoms with E-state index in [1.54, 1.807) is 0 Å². The summed E-state index contributed by atoms with van der Waals surface area (Å²) >= 11 is 3.51. The molecule has 0 N–H and O–H groups in total. The maximum absolute atomic E-state index is 3.51. The van der Waals surface area contributed by atoms with Crippen molar-refractivity contribution in [3.63, 3.8) is 0 Å². The Labute approximate surface area is 123 Å². The summed E-state index contributed by atoms with van der Waals surface area (Å²) in [5, 5.41) is 0. The molecule has 2 rings (SSSR count). The normalized spacial score (nSPS) is 11.4. The Morgan fingerprint density at radius 1 is 1.24 bits per heavy atom. The van der Waals surface area contributed by atoms with Crippen molar-refractivity contribution in [2.75, 3.05) is 14.1 Å². The Balaban J connectivity index is 0.000000360. The quantitative estimate of drug-likeness (QED) is 0.587. The van der Waals surface area contributed by atoms with Crippen LogP contribution in [0.15, 0.2) is 53.0 Å². The molecule has 0 aliphatic heterocycles. The van der Waals surface area contributed by atoms with Gasteiger partial charge in [-0.3, -0.25) is 0 Å². The molecule has 94 valence electrons. The van der Waals surface area contributed by atoms with Gasteiger partial charge >= 0.3 is 17.1 Å². The van der Waals surface area contributed by atoms with Crippen LogP contribution in [0.25, 0.3) is 0 Å². The SMILES string of the molecule is CC(c1ccc[c-]1Br)N(C)C.[Fe+2].c1cc[cH-]c1. The molecule has 0 spiro atoms. The summed E-state index contributed by atoms with van der Waals surface area (Å²) < 4.78 is 1.21. The first-order chi connectivity index (χ1) is 7.63. The molecule has 1 unspecified atom stereocenters. The van der Waals surface area contributed by atoms with Gasteiger partial charge in [-0.1, -0.05) is 4.47 Å². The van der Waals surface area contributed by atoms with Crippen LogP contribution >= 0.6 is 15.9 Å². The van der Waals surface area contributed by atoms with Gasteiger partial charge in [0.05, 0.1) is 0 Å². The van der Waals surface area contributed by atoms with E-state index in [0.717, 1.165) is 0 Å². The molecule has 2 aromatic rings. The number of nitrogens with zero attached hydrogens (tertiary/aromatic N) is 1. The van der Waals surface area contributed by atoms with E-state index in [1.807, 2.05) is 30.3 Å². The third-order valence-electron chi connectivity index (χ3n) is 2.57. The Kier molecular flexibility index (Phi) is 8.53. The van der Waals surface area contributed by atoms with E-state index in [1.165, 1.54) is 10.0 Å². The van der Waals surface area contributed by atoms with Crippen LogP contribution in [0.2, 0.25) is 0 Å². The summed E-state index contributed by atoms with van der Waals surface area (Å²) in [5.74, 6) is 0. The minimum atomic E-state index is 0. The second-order valence-corrected chi connectivity index (χ2v) is 4.79. The Hall–Kier alpha value is -0.341. The summed E-state index contributed by atoms with van der Waals surface area (Å²) in [6, 6.07) is 16.8. The Morgan fingerprint density at radius 3 is 2.12 bits per heavy atom. The zero-order valence-electron chi connectivity index (χ0n) is 10.4. The summed E-state index contributed by atoms with van der Waals surface area (Å²) in [6.45, 7) is 2.19. The topological polar surface area (TPSA) is 3.24 Å². The van der Waals surface area contributed by atoms with Crippen LogP contribution in [-0.2, 0) is 17.1 Å². The molecule has 0 bridgehead atoms. The molecule has 17 heavy (non-hydrogen) atoms. The fraction of sp³-hybridized carbons (Fsp3) is 0.286. The van der Waals surface area contributed by atoms with Crippen LogP contribution in [0.5, 0.6) is 0 Å². The van der Waals surface area contributed by atoms with Gasteiger partial charge in [-0.05, 0) is 21.0 Å². The fourth-order valence-electron chi connectivity index (χ4n) is 1.35. The molecule has 0 amide bonds. The maximum atomic E-state index is 3.51. The van der Waals surface area contributed by atoms with Gasteiger partial charge in [-0.15, -0.1) is 21.5 Å². The van der Waals surface area contributed by atoms with E-state index in [-0.39, 0.29) is 17.1 Å². The molecular weight excluding hydrogens is 318 g/mol. The van der Waals surface area contributed by atoms with E-state index < -0.39 is 0 Å². The largest absolute Gasteiger partial charge is 2.00 e. The number of hydrogen-bond acceptors (Lipinski definition) is 1. The number of hydrogen-bond donors (Lipinski definition) is 0. The summed E-state index contributed by atoms with van der Waals surface area (Å²) in [4.78, 5) is 2.19. The van der Waals surface area contributed by atoms with Gasteiger partial charge in [-0.25, -0.2) is 24.3 Å². The molecule has 0 fully saturated rings. The molecule has 0 aliphatic carbocycles. The third-order valence-corrected chi connectivity index (χ3v) is 3.30. The second kappa shape index (κ2) is 8.71. The van der Waals surface area contributed by atoms with Gasteiger partial charge in [0, 0.05) is 6.04 Å². The molecule has 0 heterocycles. The van der Waals surface area contributed by atoms with Crippen molar-refractivity contribution in [1.82, 2.24) is 4.90 Å². The maximum Gasteiger partial charge on any atom is 2.00 e. The predicted octanol–water partition coefficient (Wildman–Crippen LogP) is 4.19. The van der Waals surface area contributed by atoms with Gasteiger partial charge in [-0.2, -0.15) is 24.3 Å². The summed E-state index contributed by atoms with van der Waals surface area (Å²) in [5.41, 5.74) is 1.36. The molecule has 0 aromatic heterocycles. The average Bonchev–Trinajstić information content (AvgIpc) is 2.89. The first-order valence-corrected chi connectivity index (χ1v) is 6.16. The van der Waals surface area contributed by atoms with Crippen molar-refractivity contribution in [1.29, 1.82) is 0 Å². The van der Waals surface area contributed by atoms with E-state index in [9.17, 15) is 0 Å². The first kappa shape index (κ1) is 16.7. The predicted molar refractivity (Wildman–Crippen MR) is 73.9 cm³/mol. The molecule has 0 radical (unpaired) electrons. The minimum absolute atomic E-state index is 0. The van der Waals surface area contributed by atoms with Crippen LogP contribution in [0.3, 0.4) is 0 Å². The molecule has 0 saturated carbocycles. The molecule has 1 atom stereocenters. The minimum Gasteiger partial charge on any atom is -0.305 e. The van der Waals surface area contributed by atoms with E-state index >= 15 is 0 Å². The number of halogens is 1. The molecular formula is C14H18BrFeN. The van der Waals surface area contributed by atoms with Crippen LogP contribution in [0.4, 0.5) is 0 Å². The zero-order valence-corrected chi connectivity index (χ0v) is 13.1. The standard InChI is InChI=1S/C9H13BrN.C5H5.Fe/c1-7(11(2)3)8-5-4-6-9(8)10;1-2-4-5-3-1;/h4-7H,1-3H3;1-5H;/q2*-1;+2. The average molecular weight is 336 g/mol. The van der Waals surface area contributed by atoms with Crippen molar-refractivity contribution in [2.45, 2.75) is 13.0 Å². The molecule has 0 aliphatic rings. The Morgan fingerprint density at radius 2 is 1.82 bits per heavy atom. The van der Waals surface area contributed by atoms with Crippen LogP contribution < -0.4 is 0 Å². The van der Waals surface area contributed by atoms with E-state index in [0.29, 0.717) is 6.04 Å². The number of rotatable bonds is 2. The van der Waals surface area contributed by atoms with E-state index in [4.69, 9.17) is 0 Å². The van der Waals surface area contributed by atoms with Crippen molar-refractivity contribution in [2.24, 2.45) is 0 Å². The molecule has 0 saturated heterocycles. The van der Waals surface area contributed by atoms with Crippen LogP contribution in [-0.4, -0.2) is 19.0 Å². The third kappa shape index (κ3) is 5.69. The van der Waals surface area contributed by atoms with Crippen molar-refractivity contribution < 1.29 is 17.1 Å². The van der Waals surface area contributed by atoms with Crippen LogP contribution in [0.1, 0.15) is 18.5 Å². The van der Waals surface area contributed by atoms with Gasteiger partial charge in [0.15, 0.2) is 0 Å². The van der Waals surface area contributed by atoms with Gasteiger partial charge in [0.1, 0.15) is 0 Å². The fourth-order valence-corrected chi connectivity index (χ4v) is 1.97. The van der Waals surface area contributed by atoms with Crippen molar-refractivity contribution in [3.05, 3.63) is 58.6 Å². The smallest absolute Gasteiger partial charge is 0.305 e. The van der Waals surface area contributed by atoms with Crippen molar-refractivity contribution in [3.8, 4) is 0 Å². The molecule has 3 heteroatoms. The van der Waals surface area contributed by atoms with Crippen LogP contribution in [0, 0.1) is 0 Å². The summed E-state index contributed by atoms with van der Waals surface area (Å²) in [6.07, 6.45) is 0. The first-order valence-electron chi connectivity index (χ1n) is 5.37. The van der Waals surface area contributed by atoms with E-state index in [2.05, 4.69) is 60.0 Å².